The van der Waals surface area contributed by atoms with Crippen LogP contribution in [0.2, 0.25) is 0 Å². The molecule has 1 heterocycles. The zero-order chi connectivity index (χ0) is 7.68. The van der Waals surface area contributed by atoms with Crippen LogP contribution < -0.4 is 0 Å². The van der Waals surface area contributed by atoms with E-state index in [1.807, 2.05) is 0 Å². The molecular weight excluding hydrogens is 144 g/mol. The van der Waals surface area contributed by atoms with Crippen LogP contribution in [0.4, 0.5) is 4.79 Å². The summed E-state index contributed by atoms with van der Waals surface area (Å²) in [7, 11) is 0. The van der Waals surface area contributed by atoms with Gasteiger partial charge in [0.15, 0.2) is 0 Å². The first-order valence-electron chi connectivity index (χ1n) is 3.57. The highest BCUT2D eigenvalue weighted by atomic mass is 16.6. The molecule has 0 radical (unpaired) electrons. The first-order valence-corrected chi connectivity index (χ1v) is 3.57. The number of ether oxygens (including phenoxy) is 1. The molecule has 0 aliphatic heterocycles. The summed E-state index contributed by atoms with van der Waals surface area (Å²) < 4.78 is 6.16. The zero-order valence-electron chi connectivity index (χ0n) is 5.93. The van der Waals surface area contributed by atoms with Crippen LogP contribution in [0.1, 0.15) is 12.8 Å². The molecule has 4 nitrogen and oxygen atoms in total. The van der Waals surface area contributed by atoms with Gasteiger partial charge < -0.3 is 4.74 Å². The molecule has 1 aliphatic carbocycles. The third-order valence-electron chi connectivity index (χ3n) is 1.48. The van der Waals surface area contributed by atoms with Crippen LogP contribution in [0.15, 0.2) is 18.5 Å². The lowest BCUT2D eigenvalue weighted by Crippen LogP contribution is -2.14. The Morgan fingerprint density at radius 3 is 3.00 bits per heavy atom. The summed E-state index contributed by atoms with van der Waals surface area (Å²) in [4.78, 5) is 11.0. The van der Waals surface area contributed by atoms with Gasteiger partial charge in [-0.15, -0.1) is 0 Å². The third-order valence-corrected chi connectivity index (χ3v) is 1.48. The van der Waals surface area contributed by atoms with Crippen molar-refractivity contribution in [2.24, 2.45) is 0 Å². The van der Waals surface area contributed by atoms with Gasteiger partial charge in [0, 0.05) is 12.4 Å². The second-order valence-electron chi connectivity index (χ2n) is 2.53. The standard InChI is InChI=1S/C7H8N2O2/c10-7(11-6-2-3-6)9-5-1-4-8-9/h1,4-6H,2-3H2. The molecule has 0 amide bonds. The Kier molecular flexibility index (Phi) is 1.38. The topological polar surface area (TPSA) is 44.1 Å². The number of hydrogen-bond donors (Lipinski definition) is 0. The summed E-state index contributed by atoms with van der Waals surface area (Å²) in [5.41, 5.74) is 0. The molecule has 1 aromatic rings. The van der Waals surface area contributed by atoms with Crippen LogP contribution in [0.3, 0.4) is 0 Å². The van der Waals surface area contributed by atoms with Crippen molar-refractivity contribution in [3.8, 4) is 0 Å². The second-order valence-corrected chi connectivity index (χ2v) is 2.53. The van der Waals surface area contributed by atoms with Gasteiger partial charge in [-0.05, 0) is 18.9 Å². The van der Waals surface area contributed by atoms with Crippen LogP contribution in [0.25, 0.3) is 0 Å². The van der Waals surface area contributed by atoms with Gasteiger partial charge in [0.2, 0.25) is 0 Å². The molecular formula is C7H8N2O2. The van der Waals surface area contributed by atoms with Crippen LogP contribution >= 0.6 is 0 Å². The van der Waals surface area contributed by atoms with Crippen molar-refractivity contribution in [3.63, 3.8) is 0 Å². The summed E-state index contributed by atoms with van der Waals surface area (Å²) in [5, 5.41) is 3.74. The quantitative estimate of drug-likeness (QED) is 0.603. The fourth-order valence-electron chi connectivity index (χ4n) is 0.759. The lowest BCUT2D eigenvalue weighted by Gasteiger charge is -1.99. The van der Waals surface area contributed by atoms with Crippen molar-refractivity contribution < 1.29 is 9.53 Å². The molecule has 0 unspecified atom stereocenters. The second kappa shape index (κ2) is 2.38. The maximum absolute atomic E-state index is 11.0. The van der Waals surface area contributed by atoms with Gasteiger partial charge in [-0.25, -0.2) is 4.79 Å². The maximum Gasteiger partial charge on any atom is 0.434 e. The monoisotopic (exact) mass is 152 g/mol. The number of nitrogens with zero attached hydrogens (tertiary/aromatic N) is 2. The van der Waals surface area contributed by atoms with Crippen LogP contribution in [0.5, 0.6) is 0 Å². The molecule has 1 aliphatic rings. The molecule has 0 spiro atoms. The minimum Gasteiger partial charge on any atom is -0.445 e. The average Bonchev–Trinajstić information content (AvgIpc) is 2.67. The van der Waals surface area contributed by atoms with Gasteiger partial charge in [-0.2, -0.15) is 9.78 Å². The fraction of sp³-hybridized carbons (Fsp3) is 0.429. The Labute approximate surface area is 63.8 Å². The summed E-state index contributed by atoms with van der Waals surface area (Å²) in [5.74, 6) is 0. The molecule has 0 N–H and O–H groups in total. The summed E-state index contributed by atoms with van der Waals surface area (Å²) in [6.45, 7) is 0. The molecule has 58 valence electrons. The van der Waals surface area contributed by atoms with E-state index in [4.69, 9.17) is 4.74 Å². The van der Waals surface area contributed by atoms with Gasteiger partial charge in [0.25, 0.3) is 0 Å². The minimum atomic E-state index is -0.377. The van der Waals surface area contributed by atoms with Gasteiger partial charge in [0.1, 0.15) is 6.10 Å². The summed E-state index contributed by atoms with van der Waals surface area (Å²) >= 11 is 0. The lowest BCUT2D eigenvalue weighted by atomic mass is 10.7. The van der Waals surface area contributed by atoms with E-state index in [1.54, 1.807) is 18.5 Å². The molecule has 0 aromatic carbocycles. The first kappa shape index (κ1) is 6.39. The Morgan fingerprint density at radius 1 is 1.64 bits per heavy atom. The van der Waals surface area contributed by atoms with E-state index >= 15 is 0 Å². The number of aromatic nitrogens is 2. The summed E-state index contributed by atoms with van der Waals surface area (Å²) in [6.07, 6.45) is 4.88. The van der Waals surface area contributed by atoms with Crippen molar-refractivity contribution in [2.45, 2.75) is 18.9 Å². The molecule has 0 atom stereocenters. The zero-order valence-corrected chi connectivity index (χ0v) is 5.93. The van der Waals surface area contributed by atoms with Crippen LogP contribution in [-0.2, 0) is 4.74 Å². The van der Waals surface area contributed by atoms with Crippen molar-refractivity contribution in [2.75, 3.05) is 0 Å². The van der Waals surface area contributed by atoms with Gasteiger partial charge in [-0.3, -0.25) is 0 Å². The normalized spacial score (nSPS) is 16.4. The van der Waals surface area contributed by atoms with E-state index < -0.39 is 0 Å². The molecule has 11 heavy (non-hydrogen) atoms. The van der Waals surface area contributed by atoms with E-state index in [9.17, 15) is 4.79 Å². The largest absolute Gasteiger partial charge is 0.445 e. The Hall–Kier alpha value is -1.32. The minimum absolute atomic E-state index is 0.145. The van der Waals surface area contributed by atoms with E-state index in [1.165, 1.54) is 4.68 Å². The van der Waals surface area contributed by atoms with Crippen molar-refractivity contribution in [3.05, 3.63) is 18.5 Å². The lowest BCUT2D eigenvalue weighted by molar-refractivity contribution is 0.137. The van der Waals surface area contributed by atoms with E-state index in [0.717, 1.165) is 12.8 Å². The van der Waals surface area contributed by atoms with E-state index in [-0.39, 0.29) is 12.2 Å². The SMILES string of the molecule is O=C(OC1CC1)n1cccn1. The average molecular weight is 152 g/mol. The van der Waals surface area contributed by atoms with Crippen molar-refractivity contribution in [1.29, 1.82) is 0 Å². The van der Waals surface area contributed by atoms with Gasteiger partial charge >= 0.3 is 6.09 Å². The summed E-state index contributed by atoms with van der Waals surface area (Å²) in [6, 6.07) is 1.69. The molecule has 1 fully saturated rings. The highest BCUT2D eigenvalue weighted by Gasteiger charge is 2.26. The van der Waals surface area contributed by atoms with Crippen molar-refractivity contribution >= 4 is 6.09 Å². The maximum atomic E-state index is 11.0. The highest BCUT2D eigenvalue weighted by Crippen LogP contribution is 2.23. The van der Waals surface area contributed by atoms with Crippen LogP contribution in [-0.4, -0.2) is 22.0 Å². The number of hydrogen-bond acceptors (Lipinski definition) is 3. The predicted molar refractivity (Wildman–Crippen MR) is 37.1 cm³/mol. The number of carbonyl (C=O) groups excluding carboxylic acids is 1. The molecule has 0 saturated heterocycles. The van der Waals surface area contributed by atoms with E-state index in [2.05, 4.69) is 5.10 Å². The van der Waals surface area contributed by atoms with Gasteiger partial charge in [0.05, 0.1) is 0 Å². The van der Waals surface area contributed by atoms with Crippen LogP contribution in [0, 0.1) is 0 Å². The van der Waals surface area contributed by atoms with Gasteiger partial charge in [-0.1, -0.05) is 0 Å². The predicted octanol–water partition coefficient (Wildman–Crippen LogP) is 1.03. The van der Waals surface area contributed by atoms with Crippen molar-refractivity contribution in [1.82, 2.24) is 9.78 Å². The molecule has 0 bridgehead atoms. The van der Waals surface area contributed by atoms with E-state index in [0.29, 0.717) is 0 Å². The highest BCUT2D eigenvalue weighted by molar-refractivity contribution is 5.69. The molecule has 1 aromatic heterocycles. The number of rotatable bonds is 1. The molecule has 4 heteroatoms. The third kappa shape index (κ3) is 1.39. The molecule has 2 rings (SSSR count). The Morgan fingerprint density at radius 2 is 2.45 bits per heavy atom. The fourth-order valence-corrected chi connectivity index (χ4v) is 0.759. The Bertz CT molecular complexity index is 251. The Balaban J connectivity index is 1.99. The number of carbonyl (C=O) groups is 1. The first-order chi connectivity index (χ1) is 5.36. The molecule has 1 saturated carbocycles. The smallest absolute Gasteiger partial charge is 0.434 e.